The second kappa shape index (κ2) is 6.71. The van der Waals surface area contributed by atoms with E-state index in [4.69, 9.17) is 14.2 Å². The average Bonchev–Trinajstić information content (AvgIpc) is 3.15. The fourth-order valence-corrected chi connectivity index (χ4v) is 4.01. The van der Waals surface area contributed by atoms with E-state index < -0.39 is 10.0 Å². The highest BCUT2D eigenvalue weighted by Gasteiger charge is 2.31. The first-order valence-electron chi connectivity index (χ1n) is 7.15. The maximum Gasteiger partial charge on any atom is 0.245 e. The lowest BCUT2D eigenvalue weighted by atomic mass is 10.2. The Hall–Kier alpha value is -2.24. The van der Waals surface area contributed by atoms with Crippen molar-refractivity contribution in [2.75, 3.05) is 40.5 Å². The maximum atomic E-state index is 13.1. The van der Waals surface area contributed by atoms with E-state index in [9.17, 15) is 8.42 Å². The molecule has 0 aliphatic carbocycles. The third-order valence-corrected chi connectivity index (χ3v) is 5.58. The minimum Gasteiger partial charge on any atom is -0.493 e. The summed E-state index contributed by atoms with van der Waals surface area (Å²) in [7, 11) is -0.861. The first kappa shape index (κ1) is 16.6. The molecule has 1 aromatic carbocycles. The van der Waals surface area contributed by atoms with Crippen molar-refractivity contribution in [1.29, 1.82) is 0 Å². The van der Waals surface area contributed by atoms with E-state index in [1.807, 2.05) is 0 Å². The Morgan fingerprint density at radius 2 is 1.79 bits per heavy atom. The van der Waals surface area contributed by atoms with Crippen LogP contribution in [0.3, 0.4) is 0 Å². The standard InChI is InChI=1S/C13H17N5O5S/c1-21-11-7-10(18-9-14-15-16-18)13(8-12(11)22-2)24(19,20)17-3-5-23-6-4-17/h7-9H,3-6H2,1-2H3. The molecular weight excluding hydrogens is 338 g/mol. The van der Waals surface area contributed by atoms with Crippen LogP contribution in [-0.4, -0.2) is 73.5 Å². The van der Waals surface area contributed by atoms with Gasteiger partial charge in [-0.15, -0.1) is 5.10 Å². The van der Waals surface area contributed by atoms with Crippen LogP contribution in [-0.2, 0) is 14.8 Å². The summed E-state index contributed by atoms with van der Waals surface area (Å²) in [5, 5.41) is 10.9. The molecule has 0 amide bonds. The second-order valence-electron chi connectivity index (χ2n) is 4.95. The molecule has 0 unspecified atom stereocenters. The van der Waals surface area contributed by atoms with Gasteiger partial charge < -0.3 is 14.2 Å². The summed E-state index contributed by atoms with van der Waals surface area (Å²) in [6.45, 7) is 1.27. The molecule has 0 N–H and O–H groups in total. The summed E-state index contributed by atoms with van der Waals surface area (Å²) in [5.74, 6) is 0.685. The Kier molecular flexibility index (Phi) is 4.64. The fourth-order valence-electron chi connectivity index (χ4n) is 2.43. The number of methoxy groups -OCH3 is 2. The normalized spacial score (nSPS) is 16.1. The number of rotatable bonds is 5. The van der Waals surface area contributed by atoms with Gasteiger partial charge in [0.2, 0.25) is 10.0 Å². The Labute approximate surface area is 139 Å². The number of hydrogen-bond donors (Lipinski definition) is 0. The SMILES string of the molecule is COc1cc(-n2cnnn2)c(S(=O)(=O)N2CCOCC2)cc1OC. The molecule has 130 valence electrons. The van der Waals surface area contributed by atoms with Gasteiger partial charge in [-0.2, -0.15) is 8.99 Å². The highest BCUT2D eigenvalue weighted by molar-refractivity contribution is 7.89. The van der Waals surface area contributed by atoms with Gasteiger partial charge in [-0.05, 0) is 10.4 Å². The summed E-state index contributed by atoms with van der Waals surface area (Å²) >= 11 is 0. The lowest BCUT2D eigenvalue weighted by Crippen LogP contribution is -2.41. The van der Waals surface area contributed by atoms with Gasteiger partial charge in [-0.1, -0.05) is 0 Å². The van der Waals surface area contributed by atoms with Gasteiger partial charge in [0.15, 0.2) is 11.5 Å². The summed E-state index contributed by atoms with van der Waals surface area (Å²) < 4.78 is 44.5. The van der Waals surface area contributed by atoms with Crippen molar-refractivity contribution in [3.63, 3.8) is 0 Å². The molecular formula is C13H17N5O5S. The molecule has 0 saturated carbocycles. The van der Waals surface area contributed by atoms with Gasteiger partial charge in [-0.3, -0.25) is 0 Å². The topological polar surface area (TPSA) is 109 Å². The number of ether oxygens (including phenoxy) is 3. The van der Waals surface area contributed by atoms with Crippen molar-refractivity contribution in [2.45, 2.75) is 4.90 Å². The first-order chi connectivity index (χ1) is 11.6. The van der Waals surface area contributed by atoms with Crippen LogP contribution in [0.2, 0.25) is 0 Å². The zero-order valence-electron chi connectivity index (χ0n) is 13.2. The quantitative estimate of drug-likeness (QED) is 0.719. The number of aromatic nitrogens is 4. The Bertz CT molecular complexity index is 802. The second-order valence-corrected chi connectivity index (χ2v) is 6.85. The van der Waals surface area contributed by atoms with Gasteiger partial charge in [0, 0.05) is 25.2 Å². The van der Waals surface area contributed by atoms with E-state index in [-0.39, 0.29) is 23.7 Å². The minimum absolute atomic E-state index is 0.0364. The van der Waals surface area contributed by atoms with Crippen LogP contribution in [0.4, 0.5) is 0 Å². The van der Waals surface area contributed by atoms with Crippen molar-refractivity contribution in [2.24, 2.45) is 0 Å². The van der Waals surface area contributed by atoms with Crippen LogP contribution in [0.15, 0.2) is 23.4 Å². The summed E-state index contributed by atoms with van der Waals surface area (Å²) in [6, 6.07) is 2.95. The summed E-state index contributed by atoms with van der Waals surface area (Å²) in [4.78, 5) is 0.0364. The van der Waals surface area contributed by atoms with Crippen LogP contribution in [0.25, 0.3) is 5.69 Å². The van der Waals surface area contributed by atoms with Crippen molar-refractivity contribution in [3.8, 4) is 17.2 Å². The summed E-state index contributed by atoms with van der Waals surface area (Å²) in [5.41, 5.74) is 0.282. The fraction of sp³-hybridized carbons (Fsp3) is 0.462. The van der Waals surface area contributed by atoms with Crippen molar-refractivity contribution >= 4 is 10.0 Å². The molecule has 1 aliphatic heterocycles. The number of morpholine rings is 1. The average molecular weight is 355 g/mol. The minimum atomic E-state index is -3.77. The molecule has 1 aliphatic rings. The number of sulfonamides is 1. The van der Waals surface area contributed by atoms with E-state index in [1.165, 1.54) is 41.7 Å². The van der Waals surface area contributed by atoms with E-state index in [2.05, 4.69) is 15.5 Å². The molecule has 10 nitrogen and oxygen atoms in total. The van der Waals surface area contributed by atoms with E-state index in [0.717, 1.165) is 0 Å². The molecule has 1 fully saturated rings. The number of nitrogens with zero attached hydrogens (tertiary/aromatic N) is 5. The number of hydrogen-bond acceptors (Lipinski definition) is 8. The molecule has 0 spiro atoms. The van der Waals surface area contributed by atoms with Gasteiger partial charge in [0.25, 0.3) is 0 Å². The molecule has 0 atom stereocenters. The molecule has 1 saturated heterocycles. The Balaban J connectivity index is 2.17. The van der Waals surface area contributed by atoms with Crippen LogP contribution < -0.4 is 9.47 Å². The largest absolute Gasteiger partial charge is 0.493 e. The molecule has 24 heavy (non-hydrogen) atoms. The lowest BCUT2D eigenvalue weighted by Gasteiger charge is -2.27. The molecule has 3 rings (SSSR count). The van der Waals surface area contributed by atoms with Gasteiger partial charge >= 0.3 is 0 Å². The van der Waals surface area contributed by atoms with Crippen molar-refractivity contribution in [1.82, 2.24) is 24.5 Å². The van der Waals surface area contributed by atoms with Crippen LogP contribution >= 0.6 is 0 Å². The molecule has 1 aromatic heterocycles. The van der Waals surface area contributed by atoms with Crippen LogP contribution in [0, 0.1) is 0 Å². The predicted molar refractivity (Wildman–Crippen MR) is 81.8 cm³/mol. The van der Waals surface area contributed by atoms with E-state index >= 15 is 0 Å². The highest BCUT2D eigenvalue weighted by atomic mass is 32.2. The third-order valence-electron chi connectivity index (χ3n) is 3.65. The smallest absolute Gasteiger partial charge is 0.245 e. The first-order valence-corrected chi connectivity index (χ1v) is 8.59. The molecule has 0 bridgehead atoms. The van der Waals surface area contributed by atoms with Gasteiger partial charge in [0.1, 0.15) is 11.2 Å². The monoisotopic (exact) mass is 355 g/mol. The molecule has 11 heteroatoms. The molecule has 0 radical (unpaired) electrons. The van der Waals surface area contributed by atoms with Crippen molar-refractivity contribution < 1.29 is 22.6 Å². The third kappa shape index (κ3) is 2.92. The Morgan fingerprint density at radius 1 is 1.12 bits per heavy atom. The predicted octanol–water partition coefficient (Wildman–Crippen LogP) is -0.300. The number of benzene rings is 1. The molecule has 2 aromatic rings. The van der Waals surface area contributed by atoms with Crippen LogP contribution in [0.1, 0.15) is 0 Å². The zero-order chi connectivity index (χ0) is 17.2. The zero-order valence-corrected chi connectivity index (χ0v) is 14.1. The molecule has 2 heterocycles. The van der Waals surface area contributed by atoms with E-state index in [1.54, 1.807) is 0 Å². The van der Waals surface area contributed by atoms with Gasteiger partial charge in [0.05, 0.1) is 33.1 Å². The van der Waals surface area contributed by atoms with Crippen LogP contribution in [0.5, 0.6) is 11.5 Å². The Morgan fingerprint density at radius 3 is 2.38 bits per heavy atom. The van der Waals surface area contributed by atoms with E-state index in [0.29, 0.717) is 24.7 Å². The summed E-state index contributed by atoms with van der Waals surface area (Å²) in [6.07, 6.45) is 1.32. The maximum absolute atomic E-state index is 13.1. The lowest BCUT2D eigenvalue weighted by molar-refractivity contribution is 0.0730. The van der Waals surface area contributed by atoms with Crippen molar-refractivity contribution in [3.05, 3.63) is 18.5 Å². The van der Waals surface area contributed by atoms with Gasteiger partial charge in [-0.25, -0.2) is 8.42 Å². The number of tetrazole rings is 1. The highest BCUT2D eigenvalue weighted by Crippen LogP contribution is 2.35.